The molecule has 124 valence electrons. The summed E-state index contributed by atoms with van der Waals surface area (Å²) in [5.41, 5.74) is 0.703. The van der Waals surface area contributed by atoms with Crippen LogP contribution in [-0.2, 0) is 4.79 Å². The van der Waals surface area contributed by atoms with Crippen LogP contribution in [0.1, 0.15) is 25.7 Å². The van der Waals surface area contributed by atoms with Crippen LogP contribution in [-0.4, -0.2) is 25.5 Å². The third-order valence-corrected chi connectivity index (χ3v) is 4.70. The zero-order chi connectivity index (χ0) is 16.2. The van der Waals surface area contributed by atoms with Crippen LogP contribution >= 0.6 is 0 Å². The molecule has 23 heavy (non-hydrogen) atoms. The Morgan fingerprint density at radius 2 is 2.13 bits per heavy atom. The Labute approximate surface area is 135 Å². The van der Waals surface area contributed by atoms with Crippen LogP contribution in [0.15, 0.2) is 30.4 Å². The lowest BCUT2D eigenvalue weighted by atomic mass is 10.0. The number of allylic oxidation sites excluding steroid dienone is 2. The van der Waals surface area contributed by atoms with Crippen molar-refractivity contribution in [1.29, 1.82) is 0 Å². The highest BCUT2D eigenvalue weighted by Crippen LogP contribution is 2.25. The fourth-order valence-corrected chi connectivity index (χ4v) is 3.35. The van der Waals surface area contributed by atoms with Gasteiger partial charge in [0.15, 0.2) is 11.6 Å². The van der Waals surface area contributed by atoms with Crippen molar-refractivity contribution in [2.75, 3.05) is 24.5 Å². The molecule has 1 aromatic carbocycles. The number of nitrogens with one attached hydrogen (secondary N) is 1. The van der Waals surface area contributed by atoms with Crippen molar-refractivity contribution in [3.05, 3.63) is 42.0 Å². The third-order valence-electron chi connectivity index (χ3n) is 4.70. The minimum atomic E-state index is -0.822. The van der Waals surface area contributed by atoms with Crippen molar-refractivity contribution in [3.8, 4) is 0 Å². The summed E-state index contributed by atoms with van der Waals surface area (Å²) in [6.07, 6.45) is 7.91. The maximum absolute atomic E-state index is 13.3. The molecule has 0 bridgehead atoms. The van der Waals surface area contributed by atoms with E-state index in [1.165, 1.54) is 6.07 Å². The summed E-state index contributed by atoms with van der Waals surface area (Å²) >= 11 is 0. The van der Waals surface area contributed by atoms with E-state index in [-0.39, 0.29) is 5.91 Å². The molecular formula is C18H22F2N2O. The van der Waals surface area contributed by atoms with Crippen molar-refractivity contribution in [2.24, 2.45) is 11.8 Å². The lowest BCUT2D eigenvalue weighted by Gasteiger charge is -2.19. The summed E-state index contributed by atoms with van der Waals surface area (Å²) in [5.74, 6) is -0.794. The smallest absolute Gasteiger partial charge is 0.220 e. The Morgan fingerprint density at radius 3 is 2.87 bits per heavy atom. The van der Waals surface area contributed by atoms with Gasteiger partial charge >= 0.3 is 0 Å². The van der Waals surface area contributed by atoms with Crippen molar-refractivity contribution in [2.45, 2.75) is 25.7 Å². The quantitative estimate of drug-likeness (QED) is 0.845. The minimum Gasteiger partial charge on any atom is -0.371 e. The second-order valence-electron chi connectivity index (χ2n) is 6.47. The van der Waals surface area contributed by atoms with Gasteiger partial charge in [-0.25, -0.2) is 8.78 Å². The zero-order valence-corrected chi connectivity index (χ0v) is 13.1. The summed E-state index contributed by atoms with van der Waals surface area (Å²) in [6.45, 7) is 2.21. The summed E-state index contributed by atoms with van der Waals surface area (Å²) in [5, 5.41) is 3.01. The molecule has 2 aliphatic rings. The maximum Gasteiger partial charge on any atom is 0.220 e. The van der Waals surface area contributed by atoms with Gasteiger partial charge in [0.25, 0.3) is 0 Å². The second-order valence-corrected chi connectivity index (χ2v) is 6.47. The van der Waals surface area contributed by atoms with Gasteiger partial charge in [-0.2, -0.15) is 0 Å². The number of rotatable bonds is 5. The van der Waals surface area contributed by atoms with Crippen LogP contribution < -0.4 is 10.2 Å². The number of carbonyl (C=O) groups excluding carboxylic acids is 1. The fraction of sp³-hybridized carbons (Fsp3) is 0.500. The van der Waals surface area contributed by atoms with Gasteiger partial charge in [0.1, 0.15) is 0 Å². The number of hydrogen-bond donors (Lipinski definition) is 1. The SMILES string of the molecule is O=C(C[C@H]1C=CCC1)NC[C@@H]1CCN(c2ccc(F)c(F)c2)C1. The highest BCUT2D eigenvalue weighted by Gasteiger charge is 2.24. The van der Waals surface area contributed by atoms with E-state index in [1.807, 2.05) is 4.90 Å². The van der Waals surface area contributed by atoms with Gasteiger partial charge in [-0.1, -0.05) is 12.2 Å². The molecule has 0 aromatic heterocycles. The first-order chi connectivity index (χ1) is 11.1. The predicted octanol–water partition coefficient (Wildman–Crippen LogP) is 3.26. The molecule has 0 radical (unpaired) electrons. The number of benzene rings is 1. The number of halogens is 2. The molecule has 1 fully saturated rings. The van der Waals surface area contributed by atoms with Gasteiger partial charge < -0.3 is 10.2 Å². The van der Waals surface area contributed by atoms with Gasteiger partial charge in [-0.05, 0) is 43.2 Å². The molecule has 5 heteroatoms. The van der Waals surface area contributed by atoms with Crippen LogP contribution in [0.5, 0.6) is 0 Å². The average Bonchev–Trinajstić information content (AvgIpc) is 3.19. The second kappa shape index (κ2) is 7.11. The normalized spacial score (nSPS) is 23.5. The zero-order valence-electron chi connectivity index (χ0n) is 13.1. The third kappa shape index (κ3) is 4.09. The molecule has 1 N–H and O–H groups in total. The van der Waals surface area contributed by atoms with Crippen molar-refractivity contribution >= 4 is 11.6 Å². The minimum absolute atomic E-state index is 0.104. The van der Waals surface area contributed by atoms with E-state index in [9.17, 15) is 13.6 Å². The lowest BCUT2D eigenvalue weighted by molar-refractivity contribution is -0.121. The lowest BCUT2D eigenvalue weighted by Crippen LogP contribution is -2.31. The van der Waals surface area contributed by atoms with Crippen LogP contribution in [0.3, 0.4) is 0 Å². The highest BCUT2D eigenvalue weighted by atomic mass is 19.2. The number of nitrogens with zero attached hydrogens (tertiary/aromatic N) is 1. The molecule has 0 saturated carbocycles. The monoisotopic (exact) mass is 320 g/mol. The first-order valence-corrected chi connectivity index (χ1v) is 8.25. The standard InChI is InChI=1S/C18H22F2N2O/c19-16-6-5-15(10-17(16)20)22-8-7-14(12-22)11-21-18(23)9-13-3-1-2-4-13/h1,3,5-6,10,13-14H,2,4,7-9,11-12H2,(H,21,23)/t13-,14-/m0/s1. The Morgan fingerprint density at radius 1 is 1.26 bits per heavy atom. The topological polar surface area (TPSA) is 32.3 Å². The number of anilines is 1. The molecule has 3 nitrogen and oxygen atoms in total. The molecular weight excluding hydrogens is 298 g/mol. The molecule has 0 unspecified atom stereocenters. The van der Waals surface area contributed by atoms with Crippen molar-refractivity contribution < 1.29 is 13.6 Å². The molecule has 2 atom stereocenters. The fourth-order valence-electron chi connectivity index (χ4n) is 3.35. The van der Waals surface area contributed by atoms with Gasteiger partial charge in [0, 0.05) is 37.8 Å². The Hall–Kier alpha value is -1.91. The molecule has 1 saturated heterocycles. The molecule has 1 heterocycles. The van der Waals surface area contributed by atoms with Crippen LogP contribution in [0.25, 0.3) is 0 Å². The molecule has 1 aliphatic heterocycles. The largest absolute Gasteiger partial charge is 0.371 e. The van der Waals surface area contributed by atoms with Crippen LogP contribution in [0.4, 0.5) is 14.5 Å². The first kappa shape index (κ1) is 16.0. The van der Waals surface area contributed by atoms with Crippen LogP contribution in [0.2, 0.25) is 0 Å². The Kier molecular flexibility index (Phi) is 4.94. The molecule has 1 aromatic rings. The molecule has 0 spiro atoms. The Bertz CT molecular complexity index is 603. The van der Waals surface area contributed by atoms with Crippen molar-refractivity contribution in [3.63, 3.8) is 0 Å². The predicted molar refractivity (Wildman–Crippen MR) is 86.2 cm³/mol. The van der Waals surface area contributed by atoms with E-state index in [2.05, 4.69) is 17.5 Å². The summed E-state index contributed by atoms with van der Waals surface area (Å²) < 4.78 is 26.3. The Balaban J connectivity index is 1.45. The van der Waals surface area contributed by atoms with Gasteiger partial charge in [-0.15, -0.1) is 0 Å². The summed E-state index contributed by atoms with van der Waals surface area (Å²) in [4.78, 5) is 14.0. The first-order valence-electron chi connectivity index (χ1n) is 8.25. The van der Waals surface area contributed by atoms with E-state index in [1.54, 1.807) is 6.07 Å². The van der Waals surface area contributed by atoms with Crippen LogP contribution in [0, 0.1) is 23.5 Å². The number of carbonyl (C=O) groups is 1. The van der Waals surface area contributed by atoms with E-state index in [4.69, 9.17) is 0 Å². The molecule has 1 amide bonds. The molecule has 1 aliphatic carbocycles. The van der Waals surface area contributed by atoms with Gasteiger partial charge in [0.05, 0.1) is 0 Å². The van der Waals surface area contributed by atoms with Crippen molar-refractivity contribution in [1.82, 2.24) is 5.32 Å². The highest BCUT2D eigenvalue weighted by molar-refractivity contribution is 5.76. The van der Waals surface area contributed by atoms with E-state index in [0.717, 1.165) is 38.4 Å². The molecule has 3 rings (SSSR count). The maximum atomic E-state index is 13.3. The number of amides is 1. The average molecular weight is 320 g/mol. The van der Waals surface area contributed by atoms with Gasteiger partial charge in [-0.3, -0.25) is 4.79 Å². The van der Waals surface area contributed by atoms with E-state index < -0.39 is 11.6 Å². The van der Waals surface area contributed by atoms with Gasteiger partial charge in [0.2, 0.25) is 5.91 Å². The number of hydrogen-bond acceptors (Lipinski definition) is 2. The summed E-state index contributed by atoms with van der Waals surface area (Å²) in [7, 11) is 0. The van der Waals surface area contributed by atoms with E-state index in [0.29, 0.717) is 30.5 Å². The summed E-state index contributed by atoms with van der Waals surface area (Å²) in [6, 6.07) is 4.00. The van der Waals surface area contributed by atoms with E-state index >= 15 is 0 Å².